The standard InChI is InChI=1S/C22H22N2O4S/c1-4-12-26-17-9-6-16(7-10-17)8-11-21(25)27-14-20-23-24-22(28-20)19-13-15(3)18(5-2)29-19/h4,6-11,13H,1,5,12,14H2,2-3H3/b11-8+. The molecule has 3 rings (SSSR count). The molecule has 0 unspecified atom stereocenters. The number of esters is 1. The second-order valence-corrected chi connectivity index (χ2v) is 7.32. The van der Waals surface area contributed by atoms with E-state index in [4.69, 9.17) is 13.9 Å². The molecule has 0 bridgehead atoms. The van der Waals surface area contributed by atoms with E-state index >= 15 is 0 Å². The Balaban J connectivity index is 1.52. The van der Waals surface area contributed by atoms with E-state index in [1.54, 1.807) is 23.5 Å². The number of rotatable bonds is 9. The van der Waals surface area contributed by atoms with Gasteiger partial charge >= 0.3 is 5.97 Å². The van der Waals surface area contributed by atoms with E-state index in [-0.39, 0.29) is 12.5 Å². The van der Waals surface area contributed by atoms with Gasteiger partial charge in [0.05, 0.1) is 4.88 Å². The Morgan fingerprint density at radius 2 is 2.07 bits per heavy atom. The number of carbonyl (C=O) groups is 1. The minimum atomic E-state index is -0.489. The van der Waals surface area contributed by atoms with Crippen LogP contribution in [-0.4, -0.2) is 22.8 Å². The average Bonchev–Trinajstić information content (AvgIpc) is 3.36. The minimum Gasteiger partial charge on any atom is -0.490 e. The van der Waals surface area contributed by atoms with Gasteiger partial charge in [-0.1, -0.05) is 31.7 Å². The third-order valence-corrected chi connectivity index (χ3v) is 5.39. The monoisotopic (exact) mass is 410 g/mol. The van der Waals surface area contributed by atoms with Gasteiger partial charge in [0, 0.05) is 11.0 Å². The van der Waals surface area contributed by atoms with Crippen molar-refractivity contribution in [1.82, 2.24) is 10.2 Å². The SMILES string of the molecule is C=CCOc1ccc(/C=C/C(=O)OCc2nnc(-c3cc(C)c(CC)s3)o2)cc1. The molecule has 0 N–H and O–H groups in total. The van der Waals surface area contributed by atoms with Gasteiger partial charge in [0.1, 0.15) is 12.4 Å². The van der Waals surface area contributed by atoms with Crippen LogP contribution in [0.25, 0.3) is 16.8 Å². The van der Waals surface area contributed by atoms with E-state index in [1.165, 1.54) is 16.5 Å². The highest BCUT2D eigenvalue weighted by Gasteiger charge is 2.13. The highest BCUT2D eigenvalue weighted by molar-refractivity contribution is 7.15. The maximum atomic E-state index is 11.9. The summed E-state index contributed by atoms with van der Waals surface area (Å²) >= 11 is 1.63. The lowest BCUT2D eigenvalue weighted by atomic mass is 10.2. The molecule has 1 aromatic carbocycles. The van der Waals surface area contributed by atoms with Crippen LogP contribution in [0.2, 0.25) is 0 Å². The van der Waals surface area contributed by atoms with Crippen molar-refractivity contribution >= 4 is 23.4 Å². The van der Waals surface area contributed by atoms with Crippen molar-refractivity contribution in [3.05, 3.63) is 71.0 Å². The number of thiophene rings is 1. The van der Waals surface area contributed by atoms with E-state index in [0.717, 1.165) is 22.6 Å². The van der Waals surface area contributed by atoms with Crippen molar-refractivity contribution in [3.8, 4) is 16.5 Å². The molecule has 6 nitrogen and oxygen atoms in total. The third kappa shape index (κ3) is 5.65. The zero-order valence-electron chi connectivity index (χ0n) is 16.4. The number of aromatic nitrogens is 2. The zero-order valence-corrected chi connectivity index (χ0v) is 17.2. The van der Waals surface area contributed by atoms with Gasteiger partial charge in [-0.05, 0) is 48.7 Å². The second kappa shape index (κ2) is 9.84. The lowest BCUT2D eigenvalue weighted by molar-refractivity contribution is -0.139. The molecule has 2 heterocycles. The molecule has 0 radical (unpaired) electrons. The third-order valence-electron chi connectivity index (χ3n) is 4.02. The molecular formula is C22H22N2O4S. The molecule has 0 saturated carbocycles. The number of hydrogen-bond donors (Lipinski definition) is 0. The van der Waals surface area contributed by atoms with Crippen molar-refractivity contribution in [2.75, 3.05) is 6.61 Å². The van der Waals surface area contributed by atoms with Crippen LogP contribution < -0.4 is 4.74 Å². The molecule has 150 valence electrons. The number of carbonyl (C=O) groups excluding carboxylic acids is 1. The number of ether oxygens (including phenoxy) is 2. The van der Waals surface area contributed by atoms with Crippen molar-refractivity contribution in [1.29, 1.82) is 0 Å². The van der Waals surface area contributed by atoms with Gasteiger partial charge in [0.2, 0.25) is 0 Å². The first kappa shape index (κ1) is 20.5. The first-order valence-corrected chi connectivity index (χ1v) is 10.0. The van der Waals surface area contributed by atoms with E-state index in [2.05, 4.69) is 30.6 Å². The van der Waals surface area contributed by atoms with Crippen molar-refractivity contribution in [2.45, 2.75) is 26.9 Å². The number of hydrogen-bond acceptors (Lipinski definition) is 7. The molecule has 0 atom stereocenters. The molecule has 0 fully saturated rings. The van der Waals surface area contributed by atoms with Crippen LogP contribution in [0, 0.1) is 6.92 Å². The molecule has 0 aliphatic rings. The van der Waals surface area contributed by atoms with Crippen molar-refractivity contribution in [2.24, 2.45) is 0 Å². The summed E-state index contributed by atoms with van der Waals surface area (Å²) in [5.41, 5.74) is 2.07. The predicted octanol–water partition coefficient (Wildman–Crippen LogP) is 4.99. The summed E-state index contributed by atoms with van der Waals surface area (Å²) in [4.78, 5) is 14.1. The summed E-state index contributed by atoms with van der Waals surface area (Å²) in [5, 5.41) is 7.99. The largest absolute Gasteiger partial charge is 0.490 e. The zero-order chi connectivity index (χ0) is 20.6. The summed E-state index contributed by atoms with van der Waals surface area (Å²) in [6, 6.07) is 9.37. The second-order valence-electron chi connectivity index (χ2n) is 6.18. The average molecular weight is 410 g/mol. The summed E-state index contributed by atoms with van der Waals surface area (Å²) in [6.07, 6.45) is 5.67. The smallest absolute Gasteiger partial charge is 0.331 e. The summed E-state index contributed by atoms with van der Waals surface area (Å²) < 4.78 is 16.2. The topological polar surface area (TPSA) is 74.5 Å². The lowest BCUT2D eigenvalue weighted by Gasteiger charge is -2.02. The lowest BCUT2D eigenvalue weighted by Crippen LogP contribution is -2.00. The number of aryl methyl sites for hydroxylation is 2. The molecule has 0 amide bonds. The van der Waals surface area contributed by atoms with Crippen molar-refractivity contribution < 1.29 is 18.7 Å². The first-order chi connectivity index (χ1) is 14.1. The van der Waals surface area contributed by atoms with Crippen LogP contribution in [0.15, 0.2) is 53.5 Å². The fourth-order valence-electron chi connectivity index (χ4n) is 2.56. The van der Waals surface area contributed by atoms with E-state index in [1.807, 2.05) is 30.3 Å². The molecule has 3 aromatic rings. The molecule has 7 heteroatoms. The Bertz CT molecular complexity index is 1000. The van der Waals surface area contributed by atoms with Gasteiger partial charge in [-0.2, -0.15) is 0 Å². The Morgan fingerprint density at radius 1 is 1.28 bits per heavy atom. The van der Waals surface area contributed by atoms with Gasteiger partial charge in [-0.15, -0.1) is 21.5 Å². The van der Waals surface area contributed by atoms with E-state index < -0.39 is 5.97 Å². The molecule has 0 aliphatic carbocycles. The molecule has 0 spiro atoms. The highest BCUT2D eigenvalue weighted by atomic mass is 32.1. The minimum absolute atomic E-state index is 0.0739. The fraction of sp³-hybridized carbons (Fsp3) is 0.227. The Morgan fingerprint density at radius 3 is 2.76 bits per heavy atom. The van der Waals surface area contributed by atoms with Gasteiger partial charge in [-0.25, -0.2) is 4.79 Å². The Hall–Kier alpha value is -3.19. The van der Waals surface area contributed by atoms with Crippen LogP contribution in [0.5, 0.6) is 5.75 Å². The molecule has 2 aromatic heterocycles. The Kier molecular flexibility index (Phi) is 6.97. The first-order valence-electron chi connectivity index (χ1n) is 9.19. The molecule has 0 aliphatic heterocycles. The van der Waals surface area contributed by atoms with Gasteiger partial charge in [0.15, 0.2) is 6.61 Å². The Labute approximate surface area is 173 Å². The van der Waals surface area contributed by atoms with Crippen LogP contribution in [0.3, 0.4) is 0 Å². The molecule has 0 saturated heterocycles. The number of nitrogens with zero attached hydrogens (tertiary/aromatic N) is 2. The predicted molar refractivity (Wildman–Crippen MR) is 113 cm³/mol. The maximum Gasteiger partial charge on any atom is 0.331 e. The summed E-state index contributed by atoms with van der Waals surface area (Å²) in [7, 11) is 0. The number of benzene rings is 1. The highest BCUT2D eigenvalue weighted by Crippen LogP contribution is 2.30. The van der Waals surface area contributed by atoms with E-state index in [9.17, 15) is 4.79 Å². The summed E-state index contributed by atoms with van der Waals surface area (Å²) in [6.45, 7) is 8.15. The van der Waals surface area contributed by atoms with Crippen LogP contribution in [0.1, 0.15) is 28.8 Å². The van der Waals surface area contributed by atoms with Gasteiger partial charge in [0.25, 0.3) is 11.8 Å². The molecule has 29 heavy (non-hydrogen) atoms. The van der Waals surface area contributed by atoms with Crippen molar-refractivity contribution in [3.63, 3.8) is 0 Å². The van der Waals surface area contributed by atoms with E-state index in [0.29, 0.717) is 12.5 Å². The van der Waals surface area contributed by atoms with Crippen LogP contribution in [0.4, 0.5) is 0 Å². The van der Waals surface area contributed by atoms with Gasteiger partial charge < -0.3 is 13.9 Å². The normalized spacial score (nSPS) is 11.0. The van der Waals surface area contributed by atoms with Crippen LogP contribution in [-0.2, 0) is 22.6 Å². The maximum absolute atomic E-state index is 11.9. The fourth-order valence-corrected chi connectivity index (χ4v) is 3.60. The quantitative estimate of drug-likeness (QED) is 0.281. The molecular weight excluding hydrogens is 388 g/mol. The van der Waals surface area contributed by atoms with Gasteiger partial charge in [-0.3, -0.25) is 0 Å². The van der Waals surface area contributed by atoms with Crippen LogP contribution >= 0.6 is 11.3 Å². The summed E-state index contributed by atoms with van der Waals surface area (Å²) in [5.74, 6) is 0.952.